The Morgan fingerprint density at radius 1 is 0.629 bits per heavy atom. The number of benzene rings is 5. The first-order valence-corrected chi connectivity index (χ1v) is 17.4. The van der Waals surface area contributed by atoms with Gasteiger partial charge in [0.1, 0.15) is 0 Å². The molecule has 0 atom stereocenters. The van der Waals surface area contributed by atoms with Crippen LogP contribution in [-0.4, -0.2) is 44.1 Å². The molecule has 62 heavy (non-hydrogen) atoms. The third-order valence-corrected chi connectivity index (χ3v) is 7.83. The number of alkyl halides is 6. The maximum atomic E-state index is 11.4. The number of allylic oxidation sites excluding steroid dienone is 4. The van der Waals surface area contributed by atoms with Gasteiger partial charge >= 0.3 is 12.4 Å². The second kappa shape index (κ2) is 25.4. The van der Waals surface area contributed by atoms with Crippen molar-refractivity contribution in [2.24, 2.45) is 0 Å². The van der Waals surface area contributed by atoms with Crippen molar-refractivity contribution < 1.29 is 89.1 Å². The van der Waals surface area contributed by atoms with Gasteiger partial charge in [-0.3, -0.25) is 19.6 Å². The van der Waals surface area contributed by atoms with Crippen LogP contribution in [0.15, 0.2) is 145 Å². The molecule has 0 aliphatic heterocycles. The SMILES string of the molecule is CC(=O)C=C(C)O.Cc1[c-]c(-c2ccc3ccccc3n2)cc(C)c1.O=C(C=C(O)C(F)(F)F)C(F)(F)F.[3H]C.[3H]C.[Ir].[Ir].[c-]1cc2ccccc2cc1-c1ccc2ccccc2n1. The molecule has 0 aliphatic rings. The number of nitrogens with zero attached hydrogens (tertiary/aromatic N) is 2. The minimum atomic E-state index is -5.42. The summed E-state index contributed by atoms with van der Waals surface area (Å²) in [4.78, 5) is 29.3. The van der Waals surface area contributed by atoms with Crippen molar-refractivity contribution in [3.05, 3.63) is 168 Å². The van der Waals surface area contributed by atoms with Gasteiger partial charge in [-0.2, -0.15) is 26.3 Å². The quantitative estimate of drug-likeness (QED) is 0.0788. The molecule has 6 nitrogen and oxygen atoms in total. The fourth-order valence-electron chi connectivity index (χ4n) is 5.32. The number of aliphatic hydroxyl groups is 2. The van der Waals surface area contributed by atoms with Gasteiger partial charge in [0.25, 0.3) is 5.78 Å². The number of carbonyl (C=O) groups excluding carboxylic acids is 2. The van der Waals surface area contributed by atoms with Gasteiger partial charge in [-0.15, -0.1) is 64.0 Å². The van der Waals surface area contributed by atoms with Crippen LogP contribution >= 0.6 is 0 Å². The first-order chi connectivity index (χ1) is 29.3. The number of aryl methyl sites for hydroxylation is 2. The summed E-state index contributed by atoms with van der Waals surface area (Å²) < 4.78 is 79.6. The normalized spacial score (nSPS) is 11.2. The molecule has 7 rings (SSSR count). The molecular weight excluding hydrogens is 1170 g/mol. The van der Waals surface area contributed by atoms with E-state index in [4.69, 9.17) is 22.9 Å². The number of rotatable bonds is 4. The Bertz CT molecular complexity index is 2540. The van der Waals surface area contributed by atoms with E-state index in [9.17, 15) is 35.9 Å². The number of aromatic nitrogens is 2. The molecule has 0 aliphatic carbocycles. The monoisotopic (exact) mass is 1220 g/mol. The van der Waals surface area contributed by atoms with Crippen LogP contribution in [0.25, 0.3) is 55.1 Å². The van der Waals surface area contributed by atoms with Crippen LogP contribution in [0.3, 0.4) is 0 Å². The van der Waals surface area contributed by atoms with Gasteiger partial charge in [0.2, 0.25) is 5.76 Å². The second-order valence-corrected chi connectivity index (χ2v) is 12.8. The summed E-state index contributed by atoms with van der Waals surface area (Å²) in [6.07, 6.45) is -10.5. The van der Waals surface area contributed by atoms with E-state index in [0.29, 0.717) is 0 Å². The third-order valence-electron chi connectivity index (χ3n) is 7.83. The molecule has 2 aromatic heterocycles. The molecule has 0 unspecified atom stereocenters. The molecular formula is C48H44F6Ir2N2O4-2. The van der Waals surface area contributed by atoms with Crippen LogP contribution in [0, 0.1) is 26.0 Å². The minimum Gasteiger partial charge on any atom is -0.512 e. The number of aliphatic hydroxyl groups excluding tert-OH is 2. The van der Waals surface area contributed by atoms with E-state index < -0.39 is 30.0 Å². The van der Waals surface area contributed by atoms with Crippen molar-refractivity contribution >= 4 is 44.1 Å². The molecule has 0 fully saturated rings. The molecule has 332 valence electrons. The molecule has 2 heterocycles. The van der Waals surface area contributed by atoms with Crippen molar-refractivity contribution in [3.63, 3.8) is 0 Å². The Kier molecular flexibility index (Phi) is 21.6. The van der Waals surface area contributed by atoms with Crippen molar-refractivity contribution in [3.8, 4) is 22.5 Å². The van der Waals surface area contributed by atoms with Gasteiger partial charge in [-0.05, 0) is 48.1 Å². The molecule has 0 saturated carbocycles. The van der Waals surface area contributed by atoms with Crippen LogP contribution in [0.5, 0.6) is 0 Å². The zero-order chi connectivity index (χ0) is 46.6. The molecule has 7 aromatic rings. The van der Waals surface area contributed by atoms with Crippen molar-refractivity contribution in [2.45, 2.75) is 54.9 Å². The van der Waals surface area contributed by atoms with E-state index >= 15 is 0 Å². The molecule has 0 bridgehead atoms. The molecule has 0 amide bonds. The van der Waals surface area contributed by atoms with E-state index in [0.717, 1.165) is 44.5 Å². The molecule has 14 heteroatoms. The summed E-state index contributed by atoms with van der Waals surface area (Å²) in [5.41, 5.74) is 8.51. The van der Waals surface area contributed by atoms with Crippen LogP contribution in [0.2, 0.25) is 0 Å². The maximum absolute atomic E-state index is 11.4. The molecule has 5 aromatic carbocycles. The number of hydrogen-bond acceptors (Lipinski definition) is 6. The maximum Gasteiger partial charge on any atom is 0.454 e. The van der Waals surface area contributed by atoms with Gasteiger partial charge in [-0.1, -0.05) is 119 Å². The van der Waals surface area contributed by atoms with Gasteiger partial charge in [0.05, 0.1) is 16.8 Å². The molecule has 2 N–H and O–H groups in total. The number of para-hydroxylation sites is 2. The third kappa shape index (κ3) is 17.5. The summed E-state index contributed by atoms with van der Waals surface area (Å²) in [6, 6.07) is 48.1. The summed E-state index contributed by atoms with van der Waals surface area (Å²) in [6.45, 7) is 7.02. The number of halogens is 6. The molecule has 0 saturated heterocycles. The predicted octanol–water partition coefficient (Wildman–Crippen LogP) is 13.6. The smallest absolute Gasteiger partial charge is 0.454 e. The van der Waals surface area contributed by atoms with Crippen LogP contribution < -0.4 is 0 Å². The largest absolute Gasteiger partial charge is 0.512 e. The topological polar surface area (TPSA) is 100 Å². The van der Waals surface area contributed by atoms with E-state index in [1.807, 2.05) is 48.5 Å². The fourth-order valence-corrected chi connectivity index (χ4v) is 5.32. The molecule has 2 radical (unpaired) electrons. The zero-order valence-corrected chi connectivity index (χ0v) is 39.0. The second-order valence-electron chi connectivity index (χ2n) is 12.8. The first-order valence-electron chi connectivity index (χ1n) is 19.4. The van der Waals surface area contributed by atoms with Crippen LogP contribution in [-0.2, 0) is 49.8 Å². The van der Waals surface area contributed by atoms with E-state index in [1.165, 1.54) is 56.5 Å². The summed E-state index contributed by atoms with van der Waals surface area (Å²) in [5.74, 6) is -5.40. The summed E-state index contributed by atoms with van der Waals surface area (Å²) >= 11 is 0. The Morgan fingerprint density at radius 2 is 1.10 bits per heavy atom. The number of pyridine rings is 2. The van der Waals surface area contributed by atoms with E-state index in [-0.39, 0.29) is 51.8 Å². The van der Waals surface area contributed by atoms with Gasteiger partial charge in [0, 0.05) is 55.1 Å². The number of ketones is 2. The zero-order valence-electron chi connectivity index (χ0n) is 36.2. The Hall–Kier alpha value is -5.52. The van der Waals surface area contributed by atoms with E-state index in [2.05, 4.69) is 98.8 Å². The van der Waals surface area contributed by atoms with Crippen LogP contribution in [0.4, 0.5) is 26.3 Å². The molecule has 0 spiro atoms. The van der Waals surface area contributed by atoms with Crippen molar-refractivity contribution in [2.75, 3.05) is 0 Å². The van der Waals surface area contributed by atoms with Gasteiger partial charge in [-0.25, -0.2) is 0 Å². The first kappa shape index (κ1) is 52.6. The van der Waals surface area contributed by atoms with Gasteiger partial charge in [0.15, 0.2) is 5.78 Å². The van der Waals surface area contributed by atoms with Crippen molar-refractivity contribution in [1.29, 1.82) is 0 Å². The average Bonchev–Trinajstić information content (AvgIpc) is 3.24. The predicted molar refractivity (Wildman–Crippen MR) is 227 cm³/mol. The average molecular weight is 1220 g/mol. The number of hydrogen-bond donors (Lipinski definition) is 2. The number of fused-ring (bicyclic) bond motifs is 3. The summed E-state index contributed by atoms with van der Waals surface area (Å²) in [7, 11) is 2.50. The van der Waals surface area contributed by atoms with Gasteiger partial charge < -0.3 is 10.2 Å². The van der Waals surface area contributed by atoms with Crippen LogP contribution in [0.1, 0.15) is 42.5 Å². The minimum absolute atomic E-state index is 0. The fraction of sp³-hybridized carbons (Fsp3) is 0.167. The summed E-state index contributed by atoms with van der Waals surface area (Å²) in [5, 5.41) is 21.1. The number of carbonyl (C=O) groups is 2. The standard InChI is InChI=1S/C19H12N.C17H14N.C5H2F6O2.C5H8O2.2CH4.2Ir/c1-2-7-16-13-17(10-9-14(16)5-1)19-12-11-15-6-3-4-8-18(15)20-19;1-12-9-13(2)11-15(10-12)17-8-7-14-5-3-4-6-16(14)18-17;6-4(7,8)2(12)1-3(13)5(9,10)11;1-4(6)3-5(2)7;;;;/h1-9,11-13H;3-10H,1-2H3;1,12H;3,6H,1-2H3;2*1H4;;/q2*-1;;;;;;/i;;;;2*1T;;. The van der Waals surface area contributed by atoms with E-state index in [1.54, 1.807) is 0 Å². The Morgan fingerprint density at radius 3 is 1.53 bits per heavy atom. The Labute approximate surface area is 387 Å². The Balaban J connectivity index is 0.000000838. The van der Waals surface area contributed by atoms with Crippen molar-refractivity contribution in [1.82, 2.24) is 9.97 Å².